The molecule has 4 heteroatoms. The molecule has 1 aromatic carbocycles. The molecule has 0 aromatic heterocycles. The molecule has 2 fully saturated rings. The minimum atomic E-state index is -1.06. The molecule has 4 nitrogen and oxygen atoms in total. The summed E-state index contributed by atoms with van der Waals surface area (Å²) in [5.74, 6) is -1.89. The summed E-state index contributed by atoms with van der Waals surface area (Å²) in [5.41, 5.74) is 3.46. The molecule has 0 spiro atoms. The van der Waals surface area contributed by atoms with E-state index < -0.39 is 17.8 Å². The summed E-state index contributed by atoms with van der Waals surface area (Å²) >= 11 is 0. The van der Waals surface area contributed by atoms with Crippen LogP contribution in [0.15, 0.2) is 18.2 Å². The van der Waals surface area contributed by atoms with Crippen LogP contribution in [0.4, 0.5) is 0 Å². The summed E-state index contributed by atoms with van der Waals surface area (Å²) in [7, 11) is 0. The fourth-order valence-electron chi connectivity index (χ4n) is 4.43. The molecule has 23 heavy (non-hydrogen) atoms. The van der Waals surface area contributed by atoms with Crippen LogP contribution in [-0.2, 0) is 9.59 Å². The van der Waals surface area contributed by atoms with Crippen LogP contribution in [0.2, 0.25) is 0 Å². The van der Waals surface area contributed by atoms with E-state index in [0.717, 1.165) is 24.8 Å². The van der Waals surface area contributed by atoms with E-state index in [9.17, 15) is 14.7 Å². The van der Waals surface area contributed by atoms with E-state index in [0.29, 0.717) is 0 Å². The van der Waals surface area contributed by atoms with Gasteiger partial charge in [-0.15, -0.1) is 0 Å². The lowest BCUT2D eigenvalue weighted by Crippen LogP contribution is -2.46. The molecule has 2 aliphatic carbocycles. The Balaban J connectivity index is 1.73. The van der Waals surface area contributed by atoms with Crippen molar-refractivity contribution in [2.75, 3.05) is 0 Å². The Morgan fingerprint density at radius 2 is 1.78 bits per heavy atom. The van der Waals surface area contributed by atoms with Crippen molar-refractivity contribution in [1.82, 2.24) is 5.32 Å². The van der Waals surface area contributed by atoms with Crippen molar-refractivity contribution < 1.29 is 14.7 Å². The molecule has 0 radical (unpaired) electrons. The largest absolute Gasteiger partial charge is 0.550 e. The molecule has 1 N–H and O–H groups in total. The van der Waals surface area contributed by atoms with Crippen molar-refractivity contribution in [1.29, 1.82) is 0 Å². The summed E-state index contributed by atoms with van der Waals surface area (Å²) in [6, 6.07) is 6.03. The number of hydrogen-bond acceptors (Lipinski definition) is 3. The Labute approximate surface area is 137 Å². The van der Waals surface area contributed by atoms with Crippen molar-refractivity contribution >= 4 is 11.9 Å². The highest BCUT2D eigenvalue weighted by atomic mass is 16.4. The average Bonchev–Trinajstić information content (AvgIpc) is 3.10. The average molecular weight is 314 g/mol. The number of carboxylic acid groups (broad SMARTS) is 1. The van der Waals surface area contributed by atoms with Crippen LogP contribution < -0.4 is 10.4 Å². The van der Waals surface area contributed by atoms with Crippen molar-refractivity contribution in [2.45, 2.75) is 46.1 Å². The minimum Gasteiger partial charge on any atom is -0.550 e. The highest BCUT2D eigenvalue weighted by Crippen LogP contribution is 2.52. The Morgan fingerprint density at radius 3 is 2.39 bits per heavy atom. The Bertz CT molecular complexity index is 640. The number of amides is 1. The predicted molar refractivity (Wildman–Crippen MR) is 85.3 cm³/mol. The topological polar surface area (TPSA) is 69.2 Å². The van der Waals surface area contributed by atoms with Gasteiger partial charge in [-0.25, -0.2) is 0 Å². The first-order valence-corrected chi connectivity index (χ1v) is 8.47. The Hall–Kier alpha value is -1.84. The van der Waals surface area contributed by atoms with Gasteiger partial charge in [-0.2, -0.15) is 0 Å². The van der Waals surface area contributed by atoms with E-state index in [4.69, 9.17) is 0 Å². The molecule has 0 heterocycles. The summed E-state index contributed by atoms with van der Waals surface area (Å²) < 4.78 is 0. The number of benzene rings is 1. The monoisotopic (exact) mass is 314 g/mol. The molecule has 3 rings (SSSR count). The molecule has 124 valence electrons. The molecule has 2 aliphatic rings. The first-order valence-electron chi connectivity index (χ1n) is 8.47. The summed E-state index contributed by atoms with van der Waals surface area (Å²) in [5, 5.41) is 14.5. The van der Waals surface area contributed by atoms with Gasteiger partial charge in [-0.1, -0.05) is 18.2 Å². The maximum absolute atomic E-state index is 12.7. The van der Waals surface area contributed by atoms with Crippen LogP contribution in [0.1, 0.15) is 48.9 Å². The number of hydrogen-bond donors (Lipinski definition) is 1. The van der Waals surface area contributed by atoms with E-state index >= 15 is 0 Å². The molecule has 2 bridgehead atoms. The first-order chi connectivity index (χ1) is 10.9. The summed E-state index contributed by atoms with van der Waals surface area (Å²) in [6.07, 6.45) is 2.74. The van der Waals surface area contributed by atoms with Crippen LogP contribution in [0, 0.1) is 37.5 Å². The van der Waals surface area contributed by atoms with Gasteiger partial charge in [0.1, 0.15) is 0 Å². The van der Waals surface area contributed by atoms with Crippen molar-refractivity contribution in [3.63, 3.8) is 0 Å². The van der Waals surface area contributed by atoms with Crippen LogP contribution in [0.3, 0.4) is 0 Å². The number of carboxylic acids is 1. The number of aryl methyl sites for hydroxylation is 2. The van der Waals surface area contributed by atoms with Gasteiger partial charge in [0, 0.05) is 17.8 Å². The molecule has 2 saturated carbocycles. The number of fused-ring (bicyclic) bond motifs is 2. The second-order valence-electron chi connectivity index (χ2n) is 7.28. The van der Waals surface area contributed by atoms with Crippen molar-refractivity contribution in [2.24, 2.45) is 23.7 Å². The van der Waals surface area contributed by atoms with Crippen molar-refractivity contribution in [3.05, 3.63) is 34.9 Å². The molecule has 5 atom stereocenters. The number of aliphatic carboxylic acids is 1. The third-order valence-corrected chi connectivity index (χ3v) is 5.88. The second-order valence-corrected chi connectivity index (χ2v) is 7.28. The van der Waals surface area contributed by atoms with Gasteiger partial charge in [-0.05, 0) is 68.6 Å². The zero-order valence-corrected chi connectivity index (χ0v) is 14.0. The van der Waals surface area contributed by atoms with Gasteiger partial charge in [0.25, 0.3) is 0 Å². The van der Waals surface area contributed by atoms with Crippen LogP contribution in [0.25, 0.3) is 0 Å². The molecule has 0 saturated heterocycles. The highest BCUT2D eigenvalue weighted by molar-refractivity contribution is 5.85. The number of carbonyl (C=O) groups excluding carboxylic acids is 2. The van der Waals surface area contributed by atoms with Crippen LogP contribution in [-0.4, -0.2) is 11.9 Å². The molecule has 1 aromatic rings. The van der Waals surface area contributed by atoms with E-state index in [1.165, 1.54) is 11.1 Å². The molecule has 0 unspecified atom stereocenters. The quantitative estimate of drug-likeness (QED) is 0.923. The third kappa shape index (κ3) is 2.87. The van der Waals surface area contributed by atoms with E-state index in [1.807, 2.05) is 13.0 Å². The standard InChI is InChI=1S/C19H25NO3/c1-10-4-5-13(8-11(10)2)12(3)20-18(21)16-14-6-7-15(9-14)17(16)19(22)23/h4-5,8,12,14-17H,6-7,9H2,1-3H3,(H,20,21)(H,22,23)/p-1/t12-,14-,15-,16-,17-/m0/s1. The molecule has 0 aliphatic heterocycles. The van der Waals surface area contributed by atoms with Gasteiger partial charge in [0.15, 0.2) is 0 Å². The maximum Gasteiger partial charge on any atom is 0.224 e. The highest BCUT2D eigenvalue weighted by Gasteiger charge is 2.51. The number of rotatable bonds is 4. The van der Waals surface area contributed by atoms with Gasteiger partial charge < -0.3 is 15.2 Å². The number of nitrogens with one attached hydrogen (secondary N) is 1. The van der Waals surface area contributed by atoms with Gasteiger partial charge in [0.05, 0.1) is 6.04 Å². The SMILES string of the molecule is Cc1ccc([C@H](C)NC(=O)[C@H]2[C@H]3CC[C@@H](C3)[C@@H]2C(=O)[O-])cc1C. The Morgan fingerprint density at radius 1 is 1.13 bits per heavy atom. The summed E-state index contributed by atoms with van der Waals surface area (Å²) in [4.78, 5) is 24.1. The smallest absolute Gasteiger partial charge is 0.224 e. The zero-order valence-electron chi connectivity index (χ0n) is 14.0. The summed E-state index contributed by atoms with van der Waals surface area (Å²) in [6.45, 7) is 6.06. The first kappa shape index (κ1) is 16.0. The third-order valence-electron chi connectivity index (χ3n) is 5.88. The van der Waals surface area contributed by atoms with Gasteiger partial charge >= 0.3 is 0 Å². The van der Waals surface area contributed by atoms with E-state index in [2.05, 4.69) is 31.3 Å². The lowest BCUT2D eigenvalue weighted by Gasteiger charge is -2.31. The lowest BCUT2D eigenvalue weighted by molar-refractivity contribution is -0.314. The fourth-order valence-corrected chi connectivity index (χ4v) is 4.43. The minimum absolute atomic E-state index is 0.122. The molecule has 1 amide bonds. The van der Waals surface area contributed by atoms with E-state index in [-0.39, 0.29) is 23.8 Å². The normalized spacial score (nSPS) is 30.2. The molecular formula is C19H24NO3-. The fraction of sp³-hybridized carbons (Fsp3) is 0.579. The Kier molecular flexibility index (Phi) is 4.17. The van der Waals surface area contributed by atoms with E-state index in [1.54, 1.807) is 0 Å². The zero-order chi connectivity index (χ0) is 16.7. The van der Waals surface area contributed by atoms with Crippen molar-refractivity contribution in [3.8, 4) is 0 Å². The predicted octanol–water partition coefficient (Wildman–Crippen LogP) is 1.89. The van der Waals surface area contributed by atoms with Crippen LogP contribution in [0.5, 0.6) is 0 Å². The molecular weight excluding hydrogens is 290 g/mol. The second kappa shape index (κ2) is 5.99. The lowest BCUT2D eigenvalue weighted by atomic mass is 9.78. The van der Waals surface area contributed by atoms with Crippen LogP contribution >= 0.6 is 0 Å². The van der Waals surface area contributed by atoms with Gasteiger partial charge in [-0.3, -0.25) is 4.79 Å². The number of carbonyl (C=O) groups is 2. The van der Waals surface area contributed by atoms with Gasteiger partial charge in [0.2, 0.25) is 5.91 Å². The maximum atomic E-state index is 12.7.